The molecule has 0 saturated heterocycles. The molecule has 0 saturated carbocycles. The molecule has 0 atom stereocenters. The summed E-state index contributed by atoms with van der Waals surface area (Å²) in [7, 11) is 1.84. The molecule has 0 amide bonds. The molecule has 2 heterocycles. The van der Waals surface area contributed by atoms with Crippen molar-refractivity contribution < 1.29 is 0 Å². The van der Waals surface area contributed by atoms with Crippen molar-refractivity contribution in [3.63, 3.8) is 0 Å². The van der Waals surface area contributed by atoms with Gasteiger partial charge in [-0.3, -0.25) is 4.68 Å². The number of aryl methyl sites for hydroxylation is 1. The Morgan fingerprint density at radius 2 is 2.31 bits per heavy atom. The number of fused-ring (bicyclic) bond motifs is 1. The number of pyridine rings is 1. The Balaban J connectivity index is 2.86. The predicted molar refractivity (Wildman–Crippen MR) is 52.5 cm³/mol. The lowest BCUT2D eigenvalue weighted by atomic mass is 10.4. The minimum absolute atomic E-state index is 0.390. The zero-order chi connectivity index (χ0) is 9.42. The molecular formula is C8H5BrN4. The number of halogens is 1. The van der Waals surface area contributed by atoms with Crippen molar-refractivity contribution in [3.8, 4) is 0 Å². The SMILES string of the molecule is [C-]#[N+]c1ccc2c(n1)c(Br)nn2C. The van der Waals surface area contributed by atoms with E-state index in [9.17, 15) is 0 Å². The van der Waals surface area contributed by atoms with E-state index in [1.54, 1.807) is 10.7 Å². The van der Waals surface area contributed by atoms with Crippen LogP contribution in [0.15, 0.2) is 16.7 Å². The monoisotopic (exact) mass is 236 g/mol. The van der Waals surface area contributed by atoms with Crippen LogP contribution in [0.2, 0.25) is 0 Å². The predicted octanol–water partition coefficient (Wildman–Crippen LogP) is 2.28. The highest BCUT2D eigenvalue weighted by Crippen LogP contribution is 2.23. The maximum atomic E-state index is 6.82. The number of hydrogen-bond acceptors (Lipinski definition) is 2. The molecule has 5 heteroatoms. The number of nitrogens with zero attached hydrogens (tertiary/aromatic N) is 4. The molecule has 64 valence electrons. The van der Waals surface area contributed by atoms with Gasteiger partial charge in [-0.25, -0.2) is 0 Å². The highest BCUT2D eigenvalue weighted by Gasteiger charge is 2.10. The van der Waals surface area contributed by atoms with Gasteiger partial charge in [0.25, 0.3) is 5.82 Å². The first-order valence-electron chi connectivity index (χ1n) is 3.59. The largest absolute Gasteiger partial charge is 0.361 e. The van der Waals surface area contributed by atoms with Crippen LogP contribution in [-0.2, 0) is 7.05 Å². The molecule has 0 fully saturated rings. The normalized spacial score (nSPS) is 10.2. The highest BCUT2D eigenvalue weighted by molar-refractivity contribution is 9.10. The summed E-state index contributed by atoms with van der Waals surface area (Å²) in [4.78, 5) is 7.38. The van der Waals surface area contributed by atoms with Crippen LogP contribution in [0.3, 0.4) is 0 Å². The number of rotatable bonds is 0. The Morgan fingerprint density at radius 1 is 1.54 bits per heavy atom. The zero-order valence-electron chi connectivity index (χ0n) is 6.82. The molecule has 2 rings (SSSR count). The van der Waals surface area contributed by atoms with Gasteiger partial charge in [0.15, 0.2) is 4.60 Å². The molecule has 0 aliphatic rings. The molecule has 0 unspecified atom stereocenters. The zero-order valence-corrected chi connectivity index (χ0v) is 8.41. The van der Waals surface area contributed by atoms with Gasteiger partial charge in [-0.05, 0) is 28.1 Å². The lowest BCUT2D eigenvalue weighted by molar-refractivity contribution is 0.788. The van der Waals surface area contributed by atoms with Crippen LogP contribution in [0.25, 0.3) is 15.9 Å². The van der Waals surface area contributed by atoms with E-state index in [-0.39, 0.29) is 0 Å². The fraction of sp³-hybridized carbons (Fsp3) is 0.125. The van der Waals surface area contributed by atoms with Crippen LogP contribution in [0, 0.1) is 6.57 Å². The summed E-state index contributed by atoms with van der Waals surface area (Å²) in [5.74, 6) is 0.390. The Morgan fingerprint density at radius 3 is 3.00 bits per heavy atom. The molecule has 2 aromatic heterocycles. The van der Waals surface area contributed by atoms with E-state index < -0.39 is 0 Å². The third-order valence-corrected chi connectivity index (χ3v) is 2.29. The van der Waals surface area contributed by atoms with Crippen LogP contribution >= 0.6 is 15.9 Å². The molecule has 4 nitrogen and oxygen atoms in total. The molecular weight excluding hydrogens is 232 g/mol. The molecule has 0 aliphatic carbocycles. The van der Waals surface area contributed by atoms with E-state index in [0.717, 1.165) is 11.0 Å². The van der Waals surface area contributed by atoms with Gasteiger partial charge in [-0.15, -0.1) is 4.98 Å². The summed E-state index contributed by atoms with van der Waals surface area (Å²) in [6.45, 7) is 6.82. The average Bonchev–Trinajstić information content (AvgIpc) is 2.42. The van der Waals surface area contributed by atoms with E-state index in [1.165, 1.54) is 0 Å². The van der Waals surface area contributed by atoms with E-state index in [2.05, 4.69) is 30.9 Å². The van der Waals surface area contributed by atoms with Crippen LogP contribution in [-0.4, -0.2) is 14.8 Å². The van der Waals surface area contributed by atoms with Crippen molar-refractivity contribution in [2.24, 2.45) is 7.05 Å². The minimum Gasteiger partial charge on any atom is -0.361 e. The first-order valence-corrected chi connectivity index (χ1v) is 4.38. The molecule has 0 aromatic carbocycles. The Hall–Kier alpha value is -1.41. The molecule has 0 N–H and O–H groups in total. The van der Waals surface area contributed by atoms with Crippen LogP contribution in [0.4, 0.5) is 5.82 Å². The highest BCUT2D eigenvalue weighted by atomic mass is 79.9. The standard InChI is InChI=1S/C8H5BrN4/c1-10-6-4-3-5-7(11-6)8(9)12-13(5)2/h3-4H,2H3. The second-order valence-electron chi connectivity index (χ2n) is 2.56. The van der Waals surface area contributed by atoms with E-state index in [0.29, 0.717) is 10.4 Å². The van der Waals surface area contributed by atoms with Gasteiger partial charge in [0.1, 0.15) is 5.52 Å². The topological polar surface area (TPSA) is 35.1 Å². The average molecular weight is 237 g/mol. The fourth-order valence-electron chi connectivity index (χ4n) is 1.15. The maximum Gasteiger partial charge on any atom is 0.270 e. The van der Waals surface area contributed by atoms with E-state index in [1.807, 2.05) is 13.1 Å². The Bertz CT molecular complexity index is 509. The lowest BCUT2D eigenvalue weighted by Crippen LogP contribution is -1.88. The first-order chi connectivity index (χ1) is 6.22. The van der Waals surface area contributed by atoms with Crippen molar-refractivity contribution in [2.75, 3.05) is 0 Å². The molecule has 0 spiro atoms. The smallest absolute Gasteiger partial charge is 0.270 e. The number of aromatic nitrogens is 3. The summed E-state index contributed by atoms with van der Waals surface area (Å²) in [5.41, 5.74) is 1.65. The maximum absolute atomic E-state index is 6.82. The van der Waals surface area contributed by atoms with Crippen molar-refractivity contribution >= 4 is 32.8 Å². The van der Waals surface area contributed by atoms with Gasteiger partial charge in [-0.1, -0.05) is 6.57 Å². The molecule has 13 heavy (non-hydrogen) atoms. The summed E-state index contributed by atoms with van der Waals surface area (Å²) < 4.78 is 2.40. The third-order valence-electron chi connectivity index (χ3n) is 1.76. The van der Waals surface area contributed by atoms with Gasteiger partial charge in [0, 0.05) is 7.05 Å². The third kappa shape index (κ3) is 1.19. The number of hydrogen-bond donors (Lipinski definition) is 0. The Kier molecular flexibility index (Phi) is 1.78. The quantitative estimate of drug-likeness (QED) is 0.659. The van der Waals surface area contributed by atoms with Crippen molar-refractivity contribution in [2.45, 2.75) is 0 Å². The van der Waals surface area contributed by atoms with Crippen LogP contribution in [0.5, 0.6) is 0 Å². The second-order valence-corrected chi connectivity index (χ2v) is 3.31. The lowest BCUT2D eigenvalue weighted by Gasteiger charge is -1.90. The van der Waals surface area contributed by atoms with Gasteiger partial charge in [0.05, 0.1) is 0 Å². The minimum atomic E-state index is 0.390. The Labute approximate surface area is 83.1 Å². The first kappa shape index (κ1) is 8.20. The van der Waals surface area contributed by atoms with Gasteiger partial charge in [0.2, 0.25) is 5.52 Å². The molecule has 0 radical (unpaired) electrons. The summed E-state index contributed by atoms with van der Waals surface area (Å²) in [6.07, 6.45) is 0. The summed E-state index contributed by atoms with van der Waals surface area (Å²) >= 11 is 3.28. The van der Waals surface area contributed by atoms with Crippen molar-refractivity contribution in [1.82, 2.24) is 14.8 Å². The molecule has 0 bridgehead atoms. The van der Waals surface area contributed by atoms with Gasteiger partial charge in [-0.2, -0.15) is 5.10 Å². The van der Waals surface area contributed by atoms with Crippen LogP contribution in [0.1, 0.15) is 0 Å². The van der Waals surface area contributed by atoms with Crippen LogP contribution < -0.4 is 0 Å². The molecule has 2 aromatic rings. The summed E-state index contributed by atoms with van der Waals surface area (Å²) in [5, 5.41) is 4.13. The second kappa shape index (κ2) is 2.82. The van der Waals surface area contributed by atoms with Gasteiger partial charge >= 0.3 is 0 Å². The van der Waals surface area contributed by atoms with Crippen molar-refractivity contribution in [3.05, 3.63) is 28.2 Å². The van der Waals surface area contributed by atoms with Gasteiger partial charge < -0.3 is 4.85 Å². The van der Waals surface area contributed by atoms with E-state index >= 15 is 0 Å². The van der Waals surface area contributed by atoms with E-state index in [4.69, 9.17) is 6.57 Å². The van der Waals surface area contributed by atoms with Crippen molar-refractivity contribution in [1.29, 1.82) is 0 Å². The molecule has 0 aliphatic heterocycles. The summed E-state index contributed by atoms with van der Waals surface area (Å²) in [6, 6.07) is 3.52. The fourth-order valence-corrected chi connectivity index (χ4v) is 1.68.